The minimum atomic E-state index is -0.839. The maximum atomic E-state index is 12.7. The van der Waals surface area contributed by atoms with E-state index in [0.717, 1.165) is 5.52 Å². The average Bonchev–Trinajstić information content (AvgIpc) is 2.87. The van der Waals surface area contributed by atoms with Gasteiger partial charge in [0.2, 0.25) is 0 Å². The summed E-state index contributed by atoms with van der Waals surface area (Å²) in [6.07, 6.45) is 1.32. The lowest BCUT2D eigenvalue weighted by Crippen LogP contribution is -2.49. The lowest BCUT2D eigenvalue weighted by Gasteiger charge is -2.37. The third kappa shape index (κ3) is 2.32. The quantitative estimate of drug-likeness (QED) is 0.903. The van der Waals surface area contributed by atoms with Crippen molar-refractivity contribution in [3.8, 4) is 0 Å². The van der Waals surface area contributed by atoms with Crippen molar-refractivity contribution in [1.82, 2.24) is 19.9 Å². The molecule has 3 rings (SSSR count). The number of hydrogen-bond donors (Lipinski definition) is 1. The Labute approximate surface area is 127 Å². The first-order valence-electron chi connectivity index (χ1n) is 7.32. The van der Waals surface area contributed by atoms with Crippen LogP contribution in [0.1, 0.15) is 30.1 Å². The molecule has 2 aromatic rings. The number of amides is 1. The van der Waals surface area contributed by atoms with Gasteiger partial charge in [0.25, 0.3) is 5.91 Å². The molecule has 0 radical (unpaired) electrons. The van der Waals surface area contributed by atoms with E-state index in [4.69, 9.17) is 0 Å². The van der Waals surface area contributed by atoms with E-state index >= 15 is 0 Å². The second-order valence-electron chi connectivity index (χ2n) is 5.74. The van der Waals surface area contributed by atoms with Crippen LogP contribution in [0.25, 0.3) is 11.0 Å². The predicted molar refractivity (Wildman–Crippen MR) is 79.4 cm³/mol. The molecule has 0 saturated carbocycles. The molecule has 2 heterocycles. The number of aliphatic carboxylic acids is 1. The summed E-state index contributed by atoms with van der Waals surface area (Å²) in [6, 6.07) is 4.95. The number of piperidine rings is 1. The van der Waals surface area contributed by atoms with Gasteiger partial charge in [-0.25, -0.2) is 4.68 Å². The van der Waals surface area contributed by atoms with Crippen molar-refractivity contribution >= 4 is 22.9 Å². The van der Waals surface area contributed by atoms with E-state index in [0.29, 0.717) is 30.5 Å². The maximum absolute atomic E-state index is 12.7. The first-order valence-corrected chi connectivity index (χ1v) is 7.32. The van der Waals surface area contributed by atoms with Crippen molar-refractivity contribution in [3.63, 3.8) is 0 Å². The van der Waals surface area contributed by atoms with Gasteiger partial charge in [-0.15, -0.1) is 5.10 Å². The summed E-state index contributed by atoms with van der Waals surface area (Å²) in [4.78, 5) is 25.6. The highest BCUT2D eigenvalue weighted by Crippen LogP contribution is 2.26. The lowest BCUT2D eigenvalue weighted by atomic mass is 9.90. The zero-order chi connectivity index (χ0) is 15.9. The molecule has 22 heavy (non-hydrogen) atoms. The molecule has 7 heteroatoms. The maximum Gasteiger partial charge on any atom is 0.308 e. The monoisotopic (exact) mass is 302 g/mol. The van der Waals surface area contributed by atoms with Crippen molar-refractivity contribution in [2.24, 2.45) is 13.0 Å². The van der Waals surface area contributed by atoms with Gasteiger partial charge in [0.15, 0.2) is 0 Å². The van der Waals surface area contributed by atoms with Gasteiger partial charge in [0.05, 0.1) is 11.4 Å². The molecule has 1 aliphatic rings. The molecule has 1 saturated heterocycles. The summed E-state index contributed by atoms with van der Waals surface area (Å²) in [7, 11) is 1.79. The molecule has 1 aliphatic heterocycles. The minimum Gasteiger partial charge on any atom is -0.481 e. The molecule has 7 nitrogen and oxygen atoms in total. The number of aromatic nitrogens is 3. The standard InChI is InChI=1S/C15H18N4O3/c1-9-11(15(21)22)4-3-7-19(9)14(20)10-5-6-13-12(8-10)16-17-18(13)2/h5-6,8-9,11H,3-4,7H2,1-2H3,(H,21,22)/t9-,11-/m1/s1. The number of likely N-dealkylation sites (tertiary alicyclic amines) is 1. The third-order valence-electron chi connectivity index (χ3n) is 4.42. The summed E-state index contributed by atoms with van der Waals surface area (Å²) in [6.45, 7) is 2.39. The number of rotatable bonds is 2. The van der Waals surface area contributed by atoms with E-state index in [1.807, 2.05) is 6.07 Å². The molecular formula is C15H18N4O3. The SMILES string of the molecule is C[C@@H]1[C@H](C(=O)O)CCCN1C(=O)c1ccc2c(c1)nnn2C. The fourth-order valence-electron chi connectivity index (χ4n) is 3.10. The molecule has 116 valence electrons. The van der Waals surface area contributed by atoms with Crippen LogP contribution in [-0.4, -0.2) is 49.5 Å². The average molecular weight is 302 g/mol. The molecule has 2 atom stereocenters. The van der Waals surface area contributed by atoms with Crippen molar-refractivity contribution in [1.29, 1.82) is 0 Å². The predicted octanol–water partition coefficient (Wildman–Crippen LogP) is 1.29. The van der Waals surface area contributed by atoms with Crippen LogP contribution >= 0.6 is 0 Å². The number of fused-ring (bicyclic) bond motifs is 1. The van der Waals surface area contributed by atoms with Gasteiger partial charge < -0.3 is 10.0 Å². The van der Waals surface area contributed by atoms with Crippen molar-refractivity contribution in [2.75, 3.05) is 6.54 Å². The van der Waals surface area contributed by atoms with Gasteiger partial charge in [-0.3, -0.25) is 9.59 Å². The summed E-state index contributed by atoms with van der Waals surface area (Å²) < 4.78 is 1.65. The van der Waals surface area contributed by atoms with E-state index in [2.05, 4.69) is 10.3 Å². The van der Waals surface area contributed by atoms with Crippen molar-refractivity contribution < 1.29 is 14.7 Å². The zero-order valence-electron chi connectivity index (χ0n) is 12.6. The van der Waals surface area contributed by atoms with Crippen LogP contribution in [0, 0.1) is 5.92 Å². The lowest BCUT2D eigenvalue weighted by molar-refractivity contribution is -0.144. The first-order chi connectivity index (χ1) is 10.5. The summed E-state index contributed by atoms with van der Waals surface area (Å²) >= 11 is 0. The van der Waals surface area contributed by atoms with Crippen LogP contribution < -0.4 is 0 Å². The summed E-state index contributed by atoms with van der Waals surface area (Å²) in [5, 5.41) is 17.2. The number of benzene rings is 1. The number of carboxylic acids is 1. The highest BCUT2D eigenvalue weighted by atomic mass is 16.4. The van der Waals surface area contributed by atoms with Crippen LogP contribution in [-0.2, 0) is 11.8 Å². The topological polar surface area (TPSA) is 88.3 Å². The number of carboxylic acid groups (broad SMARTS) is 1. The van der Waals surface area contributed by atoms with E-state index in [-0.39, 0.29) is 11.9 Å². The van der Waals surface area contributed by atoms with Crippen molar-refractivity contribution in [3.05, 3.63) is 23.8 Å². The van der Waals surface area contributed by atoms with E-state index in [9.17, 15) is 14.7 Å². The number of nitrogens with zero attached hydrogens (tertiary/aromatic N) is 4. The number of carbonyl (C=O) groups excluding carboxylic acids is 1. The van der Waals surface area contributed by atoms with Gasteiger partial charge in [-0.05, 0) is 38.0 Å². The number of carbonyl (C=O) groups is 2. The molecule has 1 aromatic heterocycles. The summed E-state index contributed by atoms with van der Waals surface area (Å²) in [5.74, 6) is -1.49. The van der Waals surface area contributed by atoms with E-state index in [1.54, 1.807) is 35.7 Å². The fourth-order valence-corrected chi connectivity index (χ4v) is 3.10. The first kappa shape index (κ1) is 14.5. The highest BCUT2D eigenvalue weighted by Gasteiger charge is 2.35. The zero-order valence-corrected chi connectivity index (χ0v) is 12.6. The second-order valence-corrected chi connectivity index (χ2v) is 5.74. The van der Waals surface area contributed by atoms with Crippen LogP contribution in [0.4, 0.5) is 0 Å². The Balaban J connectivity index is 1.89. The largest absolute Gasteiger partial charge is 0.481 e. The van der Waals surface area contributed by atoms with Gasteiger partial charge in [0, 0.05) is 25.2 Å². The Morgan fingerprint density at radius 3 is 2.86 bits per heavy atom. The van der Waals surface area contributed by atoms with Crippen LogP contribution in [0.5, 0.6) is 0 Å². The van der Waals surface area contributed by atoms with Gasteiger partial charge in [-0.1, -0.05) is 5.21 Å². The Bertz CT molecular complexity index is 739. The number of hydrogen-bond acceptors (Lipinski definition) is 4. The normalized spacial score (nSPS) is 22.0. The Kier molecular flexibility index (Phi) is 3.56. The molecule has 1 N–H and O–H groups in total. The molecule has 0 unspecified atom stereocenters. The summed E-state index contributed by atoms with van der Waals surface area (Å²) in [5.41, 5.74) is 2.03. The van der Waals surface area contributed by atoms with Gasteiger partial charge in [0.1, 0.15) is 5.52 Å². The molecule has 1 fully saturated rings. The second kappa shape index (κ2) is 5.40. The Morgan fingerprint density at radius 1 is 1.36 bits per heavy atom. The molecule has 0 bridgehead atoms. The smallest absolute Gasteiger partial charge is 0.308 e. The Morgan fingerprint density at radius 2 is 2.14 bits per heavy atom. The van der Waals surface area contributed by atoms with E-state index in [1.165, 1.54) is 0 Å². The molecule has 0 spiro atoms. The molecular weight excluding hydrogens is 284 g/mol. The minimum absolute atomic E-state index is 0.147. The fraction of sp³-hybridized carbons (Fsp3) is 0.467. The molecule has 1 aromatic carbocycles. The van der Waals surface area contributed by atoms with Gasteiger partial charge in [-0.2, -0.15) is 0 Å². The molecule has 1 amide bonds. The molecule has 0 aliphatic carbocycles. The van der Waals surface area contributed by atoms with Crippen molar-refractivity contribution in [2.45, 2.75) is 25.8 Å². The van der Waals surface area contributed by atoms with Crippen LogP contribution in [0.2, 0.25) is 0 Å². The third-order valence-corrected chi connectivity index (χ3v) is 4.42. The Hall–Kier alpha value is -2.44. The highest BCUT2D eigenvalue weighted by molar-refractivity contribution is 5.97. The van der Waals surface area contributed by atoms with Crippen LogP contribution in [0.15, 0.2) is 18.2 Å². The van der Waals surface area contributed by atoms with Gasteiger partial charge >= 0.3 is 5.97 Å². The number of aryl methyl sites for hydroxylation is 1. The van der Waals surface area contributed by atoms with Crippen LogP contribution in [0.3, 0.4) is 0 Å². The van der Waals surface area contributed by atoms with E-state index < -0.39 is 11.9 Å².